The van der Waals surface area contributed by atoms with Crippen molar-refractivity contribution in [3.05, 3.63) is 46.2 Å². The van der Waals surface area contributed by atoms with Gasteiger partial charge >= 0.3 is 0 Å². The summed E-state index contributed by atoms with van der Waals surface area (Å²) in [7, 11) is 3.99. The quantitative estimate of drug-likeness (QED) is 0.211. The van der Waals surface area contributed by atoms with Crippen LogP contribution in [0.25, 0.3) is 0 Å². The Kier molecular flexibility index (Phi) is 12.7. The van der Waals surface area contributed by atoms with Crippen molar-refractivity contribution in [2.45, 2.75) is 54.4 Å². The zero-order chi connectivity index (χ0) is 22.5. The highest BCUT2D eigenvalue weighted by Gasteiger charge is 2.24. The first-order valence-electron chi connectivity index (χ1n) is 10.9. The largest absolute Gasteiger partial charge is 0.314 e. The van der Waals surface area contributed by atoms with E-state index in [1.807, 2.05) is 63.4 Å². The van der Waals surface area contributed by atoms with Gasteiger partial charge < -0.3 is 5.32 Å². The predicted molar refractivity (Wildman–Crippen MR) is 136 cm³/mol. The van der Waals surface area contributed by atoms with Crippen molar-refractivity contribution in [3.63, 3.8) is 0 Å². The first kappa shape index (κ1) is 26.4. The third-order valence-electron chi connectivity index (χ3n) is 5.21. The average Bonchev–Trinajstić information content (AvgIpc) is 2.72. The van der Waals surface area contributed by atoms with Gasteiger partial charge in [0.05, 0.1) is 5.70 Å². The molecule has 0 saturated carbocycles. The monoisotopic (exact) mass is 431 g/mol. The minimum atomic E-state index is 0.617. The molecule has 1 N–H and O–H groups in total. The van der Waals surface area contributed by atoms with Gasteiger partial charge in [-0.3, -0.25) is 10.0 Å². The molecule has 168 valence electrons. The maximum atomic E-state index is 4.44. The third kappa shape index (κ3) is 8.62. The highest BCUT2D eigenvalue weighted by atomic mass is 32.2. The molecule has 0 atom stereocenters. The number of nitrogens with zero attached hydrogens (tertiary/aromatic N) is 4. The number of likely N-dealkylation sites (N-methyl/N-ethyl adjacent to an activating group) is 2. The van der Waals surface area contributed by atoms with Gasteiger partial charge in [0.2, 0.25) is 0 Å². The maximum absolute atomic E-state index is 4.44. The number of aliphatic imine (C=N–C) groups is 1. The van der Waals surface area contributed by atoms with Crippen molar-refractivity contribution < 1.29 is 0 Å². The van der Waals surface area contributed by atoms with E-state index in [1.165, 1.54) is 34.6 Å². The Labute approximate surface area is 188 Å². The standard InChI is InChI=1S/C24H41N5S/c1-9-14-26-20(5)17-19(4)23(10-2)22-12-15-29(16-13-22)30-21(6)24(18-25-7)28(8)27-11-3/h9-11,14,17,22,25H,12-13,15-16,18H2,1-8H3/b14-9-,19-17-,23-10+,24-21+,26-20+,27-11-. The lowest BCUT2D eigenvalue weighted by molar-refractivity contribution is 0.322. The minimum absolute atomic E-state index is 0.617. The van der Waals surface area contributed by atoms with E-state index in [0.29, 0.717) is 5.92 Å². The SMILES string of the molecule is C\C=C/N=C(C)/C=C(C)\C(=C/C)C1CCN(S/C(C)=C(\CNC)N(C)/N=C\C)CC1. The smallest absolute Gasteiger partial charge is 0.0607 e. The molecule has 0 amide bonds. The lowest BCUT2D eigenvalue weighted by Gasteiger charge is -2.33. The van der Waals surface area contributed by atoms with Gasteiger partial charge in [-0.05, 0) is 96.5 Å². The summed E-state index contributed by atoms with van der Waals surface area (Å²) in [6, 6.07) is 0. The fourth-order valence-electron chi connectivity index (χ4n) is 3.79. The number of nitrogens with one attached hydrogen (secondary N) is 1. The zero-order valence-electron chi connectivity index (χ0n) is 20.2. The van der Waals surface area contributed by atoms with Crippen molar-refractivity contribution in [3.8, 4) is 0 Å². The lowest BCUT2D eigenvalue weighted by atomic mass is 9.85. The molecule has 1 saturated heterocycles. The summed E-state index contributed by atoms with van der Waals surface area (Å²) in [6.07, 6.45) is 12.5. The molecule has 0 radical (unpaired) electrons. The Morgan fingerprint density at radius 3 is 2.37 bits per heavy atom. The molecule has 0 aromatic rings. The van der Waals surface area contributed by atoms with Crippen LogP contribution < -0.4 is 5.32 Å². The lowest BCUT2D eigenvalue weighted by Crippen LogP contribution is -2.30. The zero-order valence-corrected chi connectivity index (χ0v) is 21.0. The van der Waals surface area contributed by atoms with Crippen LogP contribution in [0.3, 0.4) is 0 Å². The van der Waals surface area contributed by atoms with Gasteiger partial charge in [-0.1, -0.05) is 12.2 Å². The van der Waals surface area contributed by atoms with Crippen LogP contribution in [-0.2, 0) is 0 Å². The molecular formula is C24H41N5S. The van der Waals surface area contributed by atoms with Gasteiger partial charge in [0.25, 0.3) is 0 Å². The number of piperidine rings is 1. The van der Waals surface area contributed by atoms with Crippen LogP contribution in [0.15, 0.2) is 56.3 Å². The second-order valence-corrected chi connectivity index (χ2v) is 8.86. The summed E-state index contributed by atoms with van der Waals surface area (Å²) in [6.45, 7) is 15.6. The van der Waals surface area contributed by atoms with E-state index in [2.05, 4.69) is 59.6 Å². The van der Waals surface area contributed by atoms with E-state index in [4.69, 9.17) is 0 Å². The molecule has 0 spiro atoms. The summed E-state index contributed by atoms with van der Waals surface area (Å²) in [5.41, 5.74) is 5.07. The summed E-state index contributed by atoms with van der Waals surface area (Å²) < 4.78 is 2.50. The highest BCUT2D eigenvalue weighted by Crippen LogP contribution is 2.34. The van der Waals surface area contributed by atoms with Crippen molar-refractivity contribution in [2.24, 2.45) is 16.0 Å². The van der Waals surface area contributed by atoms with E-state index in [0.717, 1.165) is 25.3 Å². The molecule has 0 unspecified atom stereocenters. The summed E-state index contributed by atoms with van der Waals surface area (Å²) in [5, 5.41) is 9.65. The summed E-state index contributed by atoms with van der Waals surface area (Å²) in [5.74, 6) is 0.617. The Bertz CT molecular complexity index is 707. The van der Waals surface area contributed by atoms with Crippen LogP contribution in [-0.4, -0.2) is 55.0 Å². The summed E-state index contributed by atoms with van der Waals surface area (Å²) >= 11 is 1.87. The fourth-order valence-corrected chi connectivity index (χ4v) is 4.88. The van der Waals surface area contributed by atoms with Crippen LogP contribution >= 0.6 is 11.9 Å². The van der Waals surface area contributed by atoms with Gasteiger partial charge in [-0.15, -0.1) is 0 Å². The van der Waals surface area contributed by atoms with Crippen molar-refractivity contribution in [2.75, 3.05) is 33.7 Å². The highest BCUT2D eigenvalue weighted by molar-refractivity contribution is 8.00. The molecule has 0 aliphatic carbocycles. The second kappa shape index (κ2) is 14.4. The summed E-state index contributed by atoms with van der Waals surface area (Å²) in [4.78, 5) is 5.74. The Hall–Kier alpha value is -1.63. The van der Waals surface area contributed by atoms with Gasteiger partial charge in [0.1, 0.15) is 0 Å². The number of hydrogen-bond acceptors (Lipinski definition) is 6. The van der Waals surface area contributed by atoms with Crippen LogP contribution in [0.5, 0.6) is 0 Å². The van der Waals surface area contributed by atoms with Gasteiger partial charge in [0.15, 0.2) is 0 Å². The molecule has 1 fully saturated rings. The van der Waals surface area contributed by atoms with Gasteiger partial charge in [0, 0.05) is 49.7 Å². The fraction of sp³-hybridized carbons (Fsp3) is 0.583. The average molecular weight is 432 g/mol. The van der Waals surface area contributed by atoms with E-state index < -0.39 is 0 Å². The molecule has 5 nitrogen and oxygen atoms in total. The van der Waals surface area contributed by atoms with Crippen LogP contribution in [0.4, 0.5) is 0 Å². The van der Waals surface area contributed by atoms with E-state index >= 15 is 0 Å². The molecular weight excluding hydrogens is 390 g/mol. The minimum Gasteiger partial charge on any atom is -0.314 e. The molecule has 30 heavy (non-hydrogen) atoms. The topological polar surface area (TPSA) is 43.2 Å². The van der Waals surface area contributed by atoms with Gasteiger partial charge in [-0.2, -0.15) is 5.10 Å². The molecule has 0 aromatic heterocycles. The molecule has 0 bridgehead atoms. The van der Waals surface area contributed by atoms with Crippen LogP contribution in [0, 0.1) is 5.92 Å². The molecule has 1 aliphatic rings. The first-order valence-corrected chi connectivity index (χ1v) is 11.6. The Balaban J connectivity index is 2.79. The molecule has 6 heteroatoms. The van der Waals surface area contributed by atoms with Crippen molar-refractivity contribution in [1.82, 2.24) is 14.6 Å². The van der Waals surface area contributed by atoms with E-state index in [1.54, 1.807) is 0 Å². The Morgan fingerprint density at radius 2 is 1.83 bits per heavy atom. The number of rotatable bonds is 10. The van der Waals surface area contributed by atoms with Crippen LogP contribution in [0.2, 0.25) is 0 Å². The van der Waals surface area contributed by atoms with Crippen LogP contribution in [0.1, 0.15) is 54.4 Å². The maximum Gasteiger partial charge on any atom is 0.0607 e. The predicted octanol–water partition coefficient (Wildman–Crippen LogP) is 5.62. The van der Waals surface area contributed by atoms with E-state index in [-0.39, 0.29) is 0 Å². The van der Waals surface area contributed by atoms with Gasteiger partial charge in [-0.25, -0.2) is 4.31 Å². The molecule has 1 aliphatic heterocycles. The number of allylic oxidation sites excluding steroid dienone is 6. The third-order valence-corrected chi connectivity index (χ3v) is 6.34. The van der Waals surface area contributed by atoms with Crippen molar-refractivity contribution >= 4 is 23.9 Å². The molecule has 1 rings (SSSR count). The second-order valence-electron chi connectivity index (χ2n) is 7.55. The molecule has 0 aromatic carbocycles. The Morgan fingerprint density at radius 1 is 1.17 bits per heavy atom. The number of hydrogen-bond donors (Lipinski definition) is 1. The molecule has 1 heterocycles. The van der Waals surface area contributed by atoms with Crippen molar-refractivity contribution in [1.29, 1.82) is 0 Å². The number of hydrazone groups is 1. The first-order chi connectivity index (χ1) is 14.4. The van der Waals surface area contributed by atoms with E-state index in [9.17, 15) is 0 Å². The normalized spacial score (nSPS) is 19.1.